The summed E-state index contributed by atoms with van der Waals surface area (Å²) in [5, 5.41) is 5.59. The van der Waals surface area contributed by atoms with E-state index in [1.54, 1.807) is 36.4 Å². The Morgan fingerprint density at radius 1 is 0.848 bits per heavy atom. The van der Waals surface area contributed by atoms with E-state index in [2.05, 4.69) is 17.6 Å². The van der Waals surface area contributed by atoms with E-state index in [0.717, 1.165) is 16.9 Å². The second kappa shape index (κ2) is 9.30. The van der Waals surface area contributed by atoms with Crippen molar-refractivity contribution in [1.29, 1.82) is 0 Å². The van der Waals surface area contributed by atoms with Gasteiger partial charge in [-0.05, 0) is 67.4 Å². The molecule has 7 heteroatoms. The number of benzene rings is 3. The van der Waals surface area contributed by atoms with Crippen molar-refractivity contribution in [2.24, 2.45) is 0 Å². The van der Waals surface area contributed by atoms with Crippen molar-refractivity contribution in [3.05, 3.63) is 100 Å². The summed E-state index contributed by atoms with van der Waals surface area (Å²) in [6, 6.07) is 21.3. The van der Waals surface area contributed by atoms with Gasteiger partial charge in [-0.25, -0.2) is 4.90 Å². The molecule has 0 radical (unpaired) electrons. The zero-order valence-electron chi connectivity index (χ0n) is 18.2. The van der Waals surface area contributed by atoms with Crippen molar-refractivity contribution in [3.8, 4) is 0 Å². The highest BCUT2D eigenvalue weighted by Gasteiger charge is 2.38. The maximum atomic E-state index is 12.9. The van der Waals surface area contributed by atoms with Crippen LogP contribution in [-0.2, 0) is 16.0 Å². The quantitative estimate of drug-likeness (QED) is 0.494. The maximum Gasteiger partial charge on any atom is 0.283 e. The minimum absolute atomic E-state index is 0.00421. The second-order valence-electron chi connectivity index (χ2n) is 7.68. The van der Waals surface area contributed by atoms with Crippen LogP contribution in [0.3, 0.4) is 0 Å². The van der Waals surface area contributed by atoms with Gasteiger partial charge >= 0.3 is 0 Å². The minimum atomic E-state index is -0.585. The molecule has 0 spiro atoms. The fourth-order valence-electron chi connectivity index (χ4n) is 3.42. The number of anilines is 3. The molecule has 1 aliphatic heterocycles. The predicted octanol–water partition coefficient (Wildman–Crippen LogP) is 5.25. The van der Waals surface area contributed by atoms with E-state index in [4.69, 9.17) is 11.6 Å². The average molecular weight is 460 g/mol. The summed E-state index contributed by atoms with van der Waals surface area (Å²) in [7, 11) is 0. The molecule has 0 unspecified atom stereocenters. The van der Waals surface area contributed by atoms with Gasteiger partial charge in [-0.2, -0.15) is 0 Å². The summed E-state index contributed by atoms with van der Waals surface area (Å²) < 4.78 is 0. The number of carbonyl (C=O) groups excluding carboxylic acids is 3. The van der Waals surface area contributed by atoms with Crippen molar-refractivity contribution in [2.75, 3.05) is 15.5 Å². The Kier molecular flexibility index (Phi) is 6.29. The summed E-state index contributed by atoms with van der Waals surface area (Å²) >= 11 is 6.18. The molecule has 166 valence electrons. The number of nitrogens with zero attached hydrogens (tertiary/aromatic N) is 1. The number of hydrogen-bond donors (Lipinski definition) is 2. The van der Waals surface area contributed by atoms with E-state index in [-0.39, 0.29) is 16.6 Å². The minimum Gasteiger partial charge on any atom is -0.350 e. The first-order valence-corrected chi connectivity index (χ1v) is 10.9. The van der Waals surface area contributed by atoms with E-state index in [9.17, 15) is 14.4 Å². The number of nitrogens with one attached hydrogen (secondary N) is 2. The first-order valence-electron chi connectivity index (χ1n) is 10.5. The van der Waals surface area contributed by atoms with Gasteiger partial charge in [0.15, 0.2) is 0 Å². The molecular weight excluding hydrogens is 438 g/mol. The topological polar surface area (TPSA) is 78.5 Å². The lowest BCUT2D eigenvalue weighted by Crippen LogP contribution is -2.32. The Bertz CT molecular complexity index is 1250. The van der Waals surface area contributed by atoms with Crippen LogP contribution in [-0.4, -0.2) is 17.7 Å². The molecule has 6 nitrogen and oxygen atoms in total. The fraction of sp³-hybridized carbons (Fsp3) is 0.115. The van der Waals surface area contributed by atoms with Crippen molar-refractivity contribution in [3.63, 3.8) is 0 Å². The summed E-state index contributed by atoms with van der Waals surface area (Å²) in [6.45, 7) is 3.99. The smallest absolute Gasteiger partial charge is 0.283 e. The van der Waals surface area contributed by atoms with Gasteiger partial charge in [0.1, 0.15) is 10.7 Å². The Hall–Kier alpha value is -3.90. The van der Waals surface area contributed by atoms with Gasteiger partial charge < -0.3 is 10.6 Å². The van der Waals surface area contributed by atoms with Crippen LogP contribution in [0.4, 0.5) is 17.1 Å². The largest absolute Gasteiger partial charge is 0.350 e. The first kappa shape index (κ1) is 22.3. The normalized spacial score (nSPS) is 13.5. The number of rotatable bonds is 6. The molecule has 2 N–H and O–H groups in total. The van der Waals surface area contributed by atoms with E-state index in [1.807, 2.05) is 43.3 Å². The molecule has 4 rings (SSSR count). The summed E-state index contributed by atoms with van der Waals surface area (Å²) in [6.07, 6.45) is 0.931. The van der Waals surface area contributed by atoms with Crippen molar-refractivity contribution in [1.82, 2.24) is 0 Å². The predicted molar refractivity (Wildman–Crippen MR) is 130 cm³/mol. The van der Waals surface area contributed by atoms with Crippen LogP contribution in [0.15, 0.2) is 83.5 Å². The Morgan fingerprint density at radius 3 is 2.06 bits per heavy atom. The van der Waals surface area contributed by atoms with Crippen molar-refractivity contribution in [2.45, 2.75) is 20.3 Å². The molecule has 0 bridgehead atoms. The van der Waals surface area contributed by atoms with Gasteiger partial charge in [0, 0.05) is 16.9 Å². The summed E-state index contributed by atoms with van der Waals surface area (Å²) in [4.78, 5) is 39.0. The van der Waals surface area contributed by atoms with Crippen LogP contribution >= 0.6 is 11.6 Å². The highest BCUT2D eigenvalue weighted by molar-refractivity contribution is 6.53. The van der Waals surface area contributed by atoms with Crippen LogP contribution in [0.1, 0.15) is 28.4 Å². The molecule has 0 aliphatic carbocycles. The van der Waals surface area contributed by atoms with Crippen LogP contribution in [0.5, 0.6) is 0 Å². The molecule has 3 aromatic carbocycles. The van der Waals surface area contributed by atoms with E-state index >= 15 is 0 Å². The van der Waals surface area contributed by atoms with Crippen LogP contribution in [0, 0.1) is 6.92 Å². The third-order valence-corrected chi connectivity index (χ3v) is 5.71. The molecule has 0 saturated heterocycles. The molecule has 3 amide bonds. The lowest BCUT2D eigenvalue weighted by molar-refractivity contribution is -0.120. The maximum absolute atomic E-state index is 12.9. The molecule has 3 aromatic rings. The second-order valence-corrected chi connectivity index (χ2v) is 8.06. The van der Waals surface area contributed by atoms with Crippen LogP contribution < -0.4 is 15.5 Å². The van der Waals surface area contributed by atoms with E-state index < -0.39 is 11.8 Å². The van der Waals surface area contributed by atoms with Gasteiger partial charge in [0.05, 0.1) is 5.69 Å². The Labute approximate surface area is 196 Å². The van der Waals surface area contributed by atoms with E-state index in [1.165, 1.54) is 5.56 Å². The number of amides is 3. The highest BCUT2D eigenvalue weighted by atomic mass is 35.5. The van der Waals surface area contributed by atoms with Gasteiger partial charge in [-0.1, -0.05) is 48.4 Å². The third kappa shape index (κ3) is 4.66. The molecule has 1 heterocycles. The zero-order valence-corrected chi connectivity index (χ0v) is 18.9. The monoisotopic (exact) mass is 459 g/mol. The van der Waals surface area contributed by atoms with Crippen LogP contribution in [0.25, 0.3) is 0 Å². The number of imide groups is 1. The Balaban J connectivity index is 1.45. The van der Waals surface area contributed by atoms with Gasteiger partial charge in [0.2, 0.25) is 0 Å². The molecule has 0 atom stereocenters. The van der Waals surface area contributed by atoms with Crippen molar-refractivity contribution >= 4 is 46.4 Å². The fourth-order valence-corrected chi connectivity index (χ4v) is 3.63. The lowest BCUT2D eigenvalue weighted by Gasteiger charge is -2.15. The standard InChI is InChI=1S/C26H22ClN3O3/c1-3-17-6-10-20(11-7-17)29-24(31)18-8-12-19(13-9-18)28-23-22(27)25(32)30(26(23)33)21-14-4-16(2)5-15-21/h4-15,28H,3H2,1-2H3,(H,29,31). The summed E-state index contributed by atoms with van der Waals surface area (Å²) in [5.74, 6) is -1.37. The lowest BCUT2D eigenvalue weighted by atomic mass is 10.1. The van der Waals surface area contributed by atoms with Crippen LogP contribution in [0.2, 0.25) is 0 Å². The molecule has 0 saturated carbocycles. The zero-order chi connectivity index (χ0) is 23.5. The number of hydrogen-bond acceptors (Lipinski definition) is 4. The van der Waals surface area contributed by atoms with Gasteiger partial charge in [0.25, 0.3) is 17.7 Å². The highest BCUT2D eigenvalue weighted by Crippen LogP contribution is 2.30. The van der Waals surface area contributed by atoms with Gasteiger partial charge in [-0.15, -0.1) is 0 Å². The average Bonchev–Trinajstić information content (AvgIpc) is 3.04. The number of halogens is 1. The third-order valence-electron chi connectivity index (χ3n) is 5.36. The summed E-state index contributed by atoms with van der Waals surface area (Å²) in [5.41, 5.74) is 4.34. The molecule has 0 fully saturated rings. The number of carbonyl (C=O) groups is 3. The molecular formula is C26H22ClN3O3. The van der Waals surface area contributed by atoms with Gasteiger partial charge in [-0.3, -0.25) is 14.4 Å². The van der Waals surface area contributed by atoms with E-state index in [0.29, 0.717) is 22.6 Å². The first-order chi connectivity index (χ1) is 15.9. The van der Waals surface area contributed by atoms with Crippen molar-refractivity contribution < 1.29 is 14.4 Å². The molecule has 33 heavy (non-hydrogen) atoms. The SMILES string of the molecule is CCc1ccc(NC(=O)c2ccc(NC3=C(Cl)C(=O)N(c4ccc(C)cc4)C3=O)cc2)cc1. The molecule has 0 aromatic heterocycles. The number of aryl methyl sites for hydroxylation is 2. The molecule has 1 aliphatic rings. The Morgan fingerprint density at radius 2 is 1.45 bits per heavy atom.